The summed E-state index contributed by atoms with van der Waals surface area (Å²) >= 11 is 1.40. The molecule has 1 unspecified atom stereocenters. The number of carbonyl (C=O) groups is 2. The molecule has 0 saturated heterocycles. The predicted molar refractivity (Wildman–Crippen MR) is 64.3 cm³/mol. The van der Waals surface area contributed by atoms with Crippen molar-refractivity contribution in [3.63, 3.8) is 0 Å². The molecule has 0 aromatic carbocycles. The first-order chi connectivity index (χ1) is 8.08. The summed E-state index contributed by atoms with van der Waals surface area (Å²) in [5.41, 5.74) is 3.41. The fourth-order valence-corrected chi connectivity index (χ4v) is 2.53. The molecule has 1 atom stereocenters. The van der Waals surface area contributed by atoms with E-state index in [1.807, 2.05) is 6.92 Å². The molecule has 0 bridgehead atoms. The van der Waals surface area contributed by atoms with Crippen LogP contribution in [0.2, 0.25) is 0 Å². The fourth-order valence-electron chi connectivity index (χ4n) is 1.83. The first kappa shape index (κ1) is 12.0. The number of amides is 1. The lowest BCUT2D eigenvalue weighted by molar-refractivity contribution is -0.133. The smallest absolute Gasteiger partial charge is 0.332 e. The summed E-state index contributed by atoms with van der Waals surface area (Å²) in [6.07, 6.45) is 1.71. The van der Waals surface area contributed by atoms with Crippen LogP contribution in [0, 0.1) is 0 Å². The van der Waals surface area contributed by atoms with Crippen molar-refractivity contribution in [2.75, 3.05) is 0 Å². The van der Waals surface area contributed by atoms with Gasteiger partial charge >= 0.3 is 5.97 Å². The quantitative estimate of drug-likeness (QED) is 0.673. The molecule has 1 heterocycles. The number of hydrazone groups is 1. The molecular formula is C10H13N3O3S. The number of amidine groups is 1. The lowest BCUT2D eigenvalue weighted by Crippen LogP contribution is -2.29. The van der Waals surface area contributed by atoms with Gasteiger partial charge in [0, 0.05) is 11.1 Å². The minimum absolute atomic E-state index is 0.127. The highest BCUT2D eigenvalue weighted by atomic mass is 32.2. The zero-order valence-corrected chi connectivity index (χ0v) is 10.1. The van der Waals surface area contributed by atoms with Crippen LogP contribution in [0.4, 0.5) is 0 Å². The molecule has 1 aliphatic carbocycles. The van der Waals surface area contributed by atoms with Crippen LogP contribution in [0.15, 0.2) is 16.2 Å². The van der Waals surface area contributed by atoms with E-state index >= 15 is 0 Å². The minimum Gasteiger partial charge on any atom is -0.478 e. The van der Waals surface area contributed by atoms with Crippen molar-refractivity contribution in [2.45, 2.75) is 31.6 Å². The van der Waals surface area contributed by atoms with Gasteiger partial charge in [0.05, 0.1) is 5.37 Å². The zero-order valence-electron chi connectivity index (χ0n) is 9.32. The van der Waals surface area contributed by atoms with Crippen molar-refractivity contribution in [1.82, 2.24) is 10.7 Å². The number of thioether (sulfide) groups is 1. The number of nitrogens with one attached hydrogen (secondary N) is 2. The second-order valence-corrected chi connectivity index (χ2v) is 5.21. The topological polar surface area (TPSA) is 90.8 Å². The Hall–Kier alpha value is -1.50. The number of aliphatic carboxylic acids is 1. The third kappa shape index (κ3) is 2.60. The monoisotopic (exact) mass is 255 g/mol. The number of carboxylic acids is 1. The van der Waals surface area contributed by atoms with Gasteiger partial charge in [0.1, 0.15) is 0 Å². The molecule has 1 amide bonds. The van der Waals surface area contributed by atoms with E-state index in [1.165, 1.54) is 11.8 Å². The third-order valence-corrected chi connectivity index (χ3v) is 3.48. The molecule has 0 fully saturated rings. The molecular weight excluding hydrogens is 242 g/mol. The van der Waals surface area contributed by atoms with Crippen molar-refractivity contribution >= 4 is 28.8 Å². The van der Waals surface area contributed by atoms with E-state index in [2.05, 4.69) is 15.8 Å². The molecule has 3 N–H and O–H groups in total. The van der Waals surface area contributed by atoms with Crippen LogP contribution in [0.5, 0.6) is 0 Å². The summed E-state index contributed by atoms with van der Waals surface area (Å²) in [4.78, 5) is 22.8. The van der Waals surface area contributed by atoms with Crippen molar-refractivity contribution in [3.05, 3.63) is 11.1 Å². The first-order valence-corrected chi connectivity index (χ1v) is 6.22. The maximum Gasteiger partial charge on any atom is 0.332 e. The van der Waals surface area contributed by atoms with E-state index < -0.39 is 5.97 Å². The summed E-state index contributed by atoms with van der Waals surface area (Å²) in [6.45, 7) is 1.92. The average Bonchev–Trinajstić information content (AvgIpc) is 2.86. The van der Waals surface area contributed by atoms with Gasteiger partial charge in [-0.1, -0.05) is 11.8 Å². The normalized spacial score (nSPS) is 23.4. The molecule has 0 aromatic heterocycles. The number of hydrogen-bond donors (Lipinski definition) is 3. The molecule has 17 heavy (non-hydrogen) atoms. The Morgan fingerprint density at radius 1 is 1.47 bits per heavy atom. The van der Waals surface area contributed by atoms with Crippen molar-refractivity contribution < 1.29 is 14.7 Å². The number of hydrogen-bond acceptors (Lipinski definition) is 5. The van der Waals surface area contributed by atoms with Gasteiger partial charge in [-0.25, -0.2) is 4.79 Å². The van der Waals surface area contributed by atoms with E-state index in [9.17, 15) is 9.59 Å². The second kappa shape index (κ2) is 4.79. The van der Waals surface area contributed by atoms with E-state index in [1.54, 1.807) is 0 Å². The zero-order chi connectivity index (χ0) is 12.4. The second-order valence-electron chi connectivity index (χ2n) is 3.88. The van der Waals surface area contributed by atoms with Gasteiger partial charge in [-0.3, -0.25) is 15.5 Å². The number of rotatable bonds is 2. The Bertz CT molecular complexity index is 431. The van der Waals surface area contributed by atoms with Crippen LogP contribution in [0.3, 0.4) is 0 Å². The highest BCUT2D eigenvalue weighted by Crippen LogP contribution is 2.26. The summed E-state index contributed by atoms with van der Waals surface area (Å²) in [6, 6.07) is 0. The number of carbonyl (C=O) groups excluding carboxylic acids is 1. The van der Waals surface area contributed by atoms with Crippen LogP contribution < -0.4 is 10.7 Å². The number of nitrogens with zero attached hydrogens (tertiary/aromatic N) is 1. The molecule has 2 rings (SSSR count). The lowest BCUT2D eigenvalue weighted by Gasteiger charge is -2.05. The first-order valence-electron chi connectivity index (χ1n) is 5.34. The fraction of sp³-hybridized carbons (Fsp3) is 0.500. The van der Waals surface area contributed by atoms with Crippen molar-refractivity contribution in [1.29, 1.82) is 0 Å². The molecule has 0 spiro atoms. The van der Waals surface area contributed by atoms with Crippen LogP contribution in [0.1, 0.15) is 26.2 Å². The van der Waals surface area contributed by atoms with Crippen molar-refractivity contribution in [2.24, 2.45) is 5.10 Å². The maximum atomic E-state index is 11.9. The van der Waals surface area contributed by atoms with E-state index in [0.29, 0.717) is 23.6 Å². The van der Waals surface area contributed by atoms with Gasteiger partial charge in [0.15, 0.2) is 5.17 Å². The van der Waals surface area contributed by atoms with Crippen molar-refractivity contribution in [3.8, 4) is 0 Å². The maximum absolute atomic E-state index is 11.9. The summed E-state index contributed by atoms with van der Waals surface area (Å²) in [5, 5.41) is 16.1. The Labute approximate surface area is 103 Å². The van der Waals surface area contributed by atoms with Crippen LogP contribution in [-0.4, -0.2) is 27.5 Å². The van der Waals surface area contributed by atoms with Gasteiger partial charge in [-0.15, -0.1) is 0 Å². The van der Waals surface area contributed by atoms with Crippen LogP contribution >= 0.6 is 11.8 Å². The minimum atomic E-state index is -1.000. The Morgan fingerprint density at radius 2 is 2.18 bits per heavy atom. The van der Waals surface area contributed by atoms with Crippen LogP contribution in [0.25, 0.3) is 0 Å². The van der Waals surface area contributed by atoms with Gasteiger partial charge in [-0.2, -0.15) is 5.10 Å². The lowest BCUT2D eigenvalue weighted by atomic mass is 10.1. The molecule has 0 aromatic rings. The predicted octanol–water partition coefficient (Wildman–Crippen LogP) is 0.621. The largest absolute Gasteiger partial charge is 0.478 e. The summed E-state index contributed by atoms with van der Waals surface area (Å²) in [7, 11) is 0. The van der Waals surface area contributed by atoms with E-state index in [4.69, 9.17) is 5.11 Å². The summed E-state index contributed by atoms with van der Waals surface area (Å²) < 4.78 is 0. The Morgan fingerprint density at radius 3 is 2.76 bits per heavy atom. The Kier molecular flexibility index (Phi) is 3.37. The number of carboxylic acid groups (broad SMARTS) is 1. The Balaban J connectivity index is 2.05. The van der Waals surface area contributed by atoms with Gasteiger partial charge in [-0.05, 0) is 26.2 Å². The summed E-state index contributed by atoms with van der Waals surface area (Å²) in [5.74, 6) is -1.35. The molecule has 6 nitrogen and oxygen atoms in total. The molecule has 1 aliphatic heterocycles. The SMILES string of the molecule is CC1NN=C(NC(=O)C2=C(C(=O)O)CCC2)S1. The average molecular weight is 255 g/mol. The molecule has 92 valence electrons. The van der Waals surface area contributed by atoms with Gasteiger partial charge in [0.25, 0.3) is 5.91 Å². The van der Waals surface area contributed by atoms with E-state index in [-0.39, 0.29) is 16.9 Å². The standard InChI is InChI=1S/C10H13N3O3S/c1-5-12-13-10(17-5)11-8(14)6-3-2-4-7(6)9(15)16/h5,12H,2-4H2,1H3,(H,15,16)(H,11,13,14). The van der Waals surface area contributed by atoms with Gasteiger partial charge < -0.3 is 5.11 Å². The van der Waals surface area contributed by atoms with E-state index in [0.717, 1.165) is 6.42 Å². The highest BCUT2D eigenvalue weighted by molar-refractivity contribution is 8.14. The molecule has 2 aliphatic rings. The third-order valence-electron chi connectivity index (χ3n) is 2.61. The molecule has 0 saturated carbocycles. The molecule has 0 radical (unpaired) electrons. The molecule has 7 heteroatoms. The van der Waals surface area contributed by atoms with Gasteiger partial charge in [0.2, 0.25) is 0 Å². The highest BCUT2D eigenvalue weighted by Gasteiger charge is 2.27. The van der Waals surface area contributed by atoms with Crippen LogP contribution in [-0.2, 0) is 9.59 Å².